The van der Waals surface area contributed by atoms with Gasteiger partial charge < -0.3 is 25.3 Å². The van der Waals surface area contributed by atoms with Gasteiger partial charge in [-0.2, -0.15) is 0 Å². The van der Waals surface area contributed by atoms with Crippen LogP contribution in [0.25, 0.3) is 0 Å². The second-order valence-corrected chi connectivity index (χ2v) is 8.96. The molecule has 0 saturated heterocycles. The number of aliphatic hydroxyl groups excluding tert-OH is 2. The van der Waals surface area contributed by atoms with Crippen LogP contribution >= 0.6 is 0 Å². The SMILES string of the molecule is CCCCCCCCCCCCC(O)CNCCN(C)CCN(C)CC(O)CC. The molecule has 2 atom stereocenters. The fourth-order valence-corrected chi connectivity index (χ4v) is 3.54. The third-order valence-corrected chi connectivity index (χ3v) is 5.80. The molecule has 0 aliphatic heterocycles. The molecule has 2 unspecified atom stereocenters. The van der Waals surface area contributed by atoms with Gasteiger partial charge in [0.25, 0.3) is 0 Å². The topological polar surface area (TPSA) is 59.0 Å². The molecule has 0 radical (unpaired) electrons. The Hall–Kier alpha value is -0.200. The monoisotopic (exact) mass is 415 g/mol. The summed E-state index contributed by atoms with van der Waals surface area (Å²) >= 11 is 0. The molecule has 5 nitrogen and oxygen atoms in total. The molecular weight excluding hydrogens is 362 g/mol. The Morgan fingerprint density at radius 2 is 1.24 bits per heavy atom. The minimum absolute atomic E-state index is 0.212. The zero-order valence-corrected chi connectivity index (χ0v) is 20.2. The fourth-order valence-electron chi connectivity index (χ4n) is 3.54. The van der Waals surface area contributed by atoms with Crippen molar-refractivity contribution in [1.29, 1.82) is 0 Å². The van der Waals surface area contributed by atoms with E-state index in [0.29, 0.717) is 6.54 Å². The molecule has 0 aromatic carbocycles. The van der Waals surface area contributed by atoms with E-state index in [2.05, 4.69) is 36.1 Å². The zero-order valence-electron chi connectivity index (χ0n) is 20.2. The van der Waals surface area contributed by atoms with Crippen LogP contribution in [0.15, 0.2) is 0 Å². The molecule has 29 heavy (non-hydrogen) atoms. The zero-order chi connectivity index (χ0) is 21.7. The molecule has 5 heteroatoms. The van der Waals surface area contributed by atoms with E-state index >= 15 is 0 Å². The maximum absolute atomic E-state index is 10.1. The summed E-state index contributed by atoms with van der Waals surface area (Å²) in [6, 6.07) is 0. The van der Waals surface area contributed by atoms with Gasteiger partial charge in [-0.15, -0.1) is 0 Å². The molecule has 176 valence electrons. The summed E-state index contributed by atoms with van der Waals surface area (Å²) in [6.45, 7) is 9.58. The summed E-state index contributed by atoms with van der Waals surface area (Å²) in [5, 5.41) is 23.2. The van der Waals surface area contributed by atoms with Gasteiger partial charge in [-0.1, -0.05) is 78.1 Å². The predicted molar refractivity (Wildman–Crippen MR) is 127 cm³/mol. The van der Waals surface area contributed by atoms with Gasteiger partial charge in [-0.25, -0.2) is 0 Å². The molecule has 0 aromatic rings. The first kappa shape index (κ1) is 28.8. The molecule has 0 aromatic heterocycles. The van der Waals surface area contributed by atoms with E-state index in [1.165, 1.54) is 57.8 Å². The van der Waals surface area contributed by atoms with Crippen molar-refractivity contribution in [3.05, 3.63) is 0 Å². The van der Waals surface area contributed by atoms with Crippen LogP contribution in [0.5, 0.6) is 0 Å². The van der Waals surface area contributed by atoms with Crippen molar-refractivity contribution in [3.8, 4) is 0 Å². The lowest BCUT2D eigenvalue weighted by molar-refractivity contribution is 0.117. The number of rotatable bonds is 22. The first-order valence-electron chi connectivity index (χ1n) is 12.4. The summed E-state index contributed by atoms with van der Waals surface area (Å²) in [7, 11) is 4.20. The van der Waals surface area contributed by atoms with Gasteiger partial charge in [0.1, 0.15) is 0 Å². The summed E-state index contributed by atoms with van der Waals surface area (Å²) in [6.07, 6.45) is 14.7. The molecule has 0 aliphatic carbocycles. The van der Waals surface area contributed by atoms with Crippen LogP contribution < -0.4 is 5.32 Å². The van der Waals surface area contributed by atoms with Crippen molar-refractivity contribution < 1.29 is 10.2 Å². The minimum Gasteiger partial charge on any atom is -0.392 e. The van der Waals surface area contributed by atoms with E-state index in [1.807, 2.05) is 6.92 Å². The lowest BCUT2D eigenvalue weighted by Gasteiger charge is -2.23. The summed E-state index contributed by atoms with van der Waals surface area (Å²) in [4.78, 5) is 4.49. The summed E-state index contributed by atoms with van der Waals surface area (Å²) in [5.41, 5.74) is 0. The van der Waals surface area contributed by atoms with E-state index in [1.54, 1.807) is 0 Å². The van der Waals surface area contributed by atoms with E-state index in [9.17, 15) is 10.2 Å². The largest absolute Gasteiger partial charge is 0.392 e. The molecule has 0 saturated carbocycles. The number of aliphatic hydroxyl groups is 2. The molecule has 0 amide bonds. The van der Waals surface area contributed by atoms with E-state index in [0.717, 1.165) is 52.0 Å². The predicted octanol–water partition coefficient (Wildman–Crippen LogP) is 3.88. The highest BCUT2D eigenvalue weighted by Gasteiger charge is 2.07. The van der Waals surface area contributed by atoms with E-state index in [-0.39, 0.29) is 12.2 Å². The molecule has 0 spiro atoms. The first-order valence-corrected chi connectivity index (χ1v) is 12.4. The lowest BCUT2D eigenvalue weighted by Crippen LogP contribution is -2.38. The molecule has 0 rings (SSSR count). The van der Waals surface area contributed by atoms with Crippen molar-refractivity contribution in [1.82, 2.24) is 15.1 Å². The standard InChI is InChI=1S/C24H53N3O2/c1-5-7-8-9-10-11-12-13-14-15-16-24(29)21-25-17-18-26(3)19-20-27(4)22-23(28)6-2/h23-25,28-29H,5-22H2,1-4H3. The number of nitrogens with one attached hydrogen (secondary N) is 1. The highest BCUT2D eigenvalue weighted by atomic mass is 16.3. The van der Waals surface area contributed by atoms with Crippen LogP contribution in [0, 0.1) is 0 Å². The Bertz CT molecular complexity index is 331. The van der Waals surface area contributed by atoms with Crippen molar-refractivity contribution in [3.63, 3.8) is 0 Å². The average Bonchev–Trinajstić information content (AvgIpc) is 2.70. The molecule has 0 heterocycles. The molecule has 0 bridgehead atoms. The van der Waals surface area contributed by atoms with Crippen molar-refractivity contribution in [2.24, 2.45) is 0 Å². The number of unbranched alkanes of at least 4 members (excludes halogenated alkanes) is 9. The maximum Gasteiger partial charge on any atom is 0.0664 e. The highest BCUT2D eigenvalue weighted by Crippen LogP contribution is 2.11. The first-order chi connectivity index (χ1) is 14.0. The fraction of sp³-hybridized carbons (Fsp3) is 1.00. The Balaban J connectivity index is 3.41. The second kappa shape index (κ2) is 21.0. The van der Waals surface area contributed by atoms with Gasteiger partial charge in [0, 0.05) is 39.3 Å². The Labute approximate surface area is 182 Å². The smallest absolute Gasteiger partial charge is 0.0664 e. The third kappa shape index (κ3) is 20.8. The Morgan fingerprint density at radius 3 is 1.83 bits per heavy atom. The van der Waals surface area contributed by atoms with Crippen molar-refractivity contribution in [2.45, 2.75) is 103 Å². The van der Waals surface area contributed by atoms with Crippen LogP contribution in [0.1, 0.15) is 90.9 Å². The quantitative estimate of drug-likeness (QED) is 0.234. The normalized spacial score (nSPS) is 14.1. The number of hydrogen-bond acceptors (Lipinski definition) is 5. The van der Waals surface area contributed by atoms with Crippen LogP contribution in [0.2, 0.25) is 0 Å². The number of nitrogens with zero attached hydrogens (tertiary/aromatic N) is 2. The van der Waals surface area contributed by atoms with Gasteiger partial charge >= 0.3 is 0 Å². The molecule has 3 N–H and O–H groups in total. The Morgan fingerprint density at radius 1 is 0.690 bits per heavy atom. The van der Waals surface area contributed by atoms with Gasteiger partial charge in [0.15, 0.2) is 0 Å². The van der Waals surface area contributed by atoms with Crippen LogP contribution in [0.4, 0.5) is 0 Å². The highest BCUT2D eigenvalue weighted by molar-refractivity contribution is 4.64. The van der Waals surface area contributed by atoms with Crippen LogP contribution in [-0.4, -0.2) is 85.6 Å². The van der Waals surface area contributed by atoms with E-state index in [4.69, 9.17) is 0 Å². The lowest BCUT2D eigenvalue weighted by atomic mass is 10.0. The molecule has 0 aliphatic rings. The van der Waals surface area contributed by atoms with Crippen LogP contribution in [0.3, 0.4) is 0 Å². The maximum atomic E-state index is 10.1. The molecule has 0 fully saturated rings. The van der Waals surface area contributed by atoms with Crippen molar-refractivity contribution >= 4 is 0 Å². The number of likely N-dealkylation sites (N-methyl/N-ethyl adjacent to an activating group) is 2. The Kier molecular flexibility index (Phi) is 20.9. The van der Waals surface area contributed by atoms with E-state index < -0.39 is 0 Å². The number of hydrogen-bond donors (Lipinski definition) is 3. The second-order valence-electron chi connectivity index (χ2n) is 8.96. The van der Waals surface area contributed by atoms with Gasteiger partial charge in [-0.3, -0.25) is 0 Å². The third-order valence-electron chi connectivity index (χ3n) is 5.80. The minimum atomic E-state index is -0.219. The van der Waals surface area contributed by atoms with Crippen LogP contribution in [-0.2, 0) is 0 Å². The van der Waals surface area contributed by atoms with Gasteiger partial charge in [0.05, 0.1) is 12.2 Å². The average molecular weight is 416 g/mol. The van der Waals surface area contributed by atoms with Gasteiger partial charge in [0.2, 0.25) is 0 Å². The molecular formula is C24H53N3O2. The van der Waals surface area contributed by atoms with Crippen molar-refractivity contribution in [2.75, 3.05) is 53.4 Å². The van der Waals surface area contributed by atoms with Gasteiger partial charge in [-0.05, 0) is 26.9 Å². The summed E-state index contributed by atoms with van der Waals surface area (Å²) in [5.74, 6) is 0. The summed E-state index contributed by atoms with van der Waals surface area (Å²) < 4.78 is 0.